The molecule has 92 valence electrons. The molecular weight excluding hydrogens is 218 g/mol. The Morgan fingerprint density at radius 2 is 2.18 bits per heavy atom. The SMILES string of the molecule is COc1ccccc1C1CC(NCC(=O)O)C1. The zero-order valence-corrected chi connectivity index (χ0v) is 9.85. The average molecular weight is 235 g/mol. The molecule has 0 radical (unpaired) electrons. The molecule has 0 aliphatic heterocycles. The van der Waals surface area contributed by atoms with Crippen molar-refractivity contribution in [3.05, 3.63) is 29.8 Å². The Hall–Kier alpha value is -1.55. The summed E-state index contributed by atoms with van der Waals surface area (Å²) in [5.74, 6) is 0.609. The van der Waals surface area contributed by atoms with E-state index in [9.17, 15) is 4.79 Å². The summed E-state index contributed by atoms with van der Waals surface area (Å²) in [6.07, 6.45) is 1.96. The van der Waals surface area contributed by atoms with Crippen LogP contribution in [0.3, 0.4) is 0 Å². The molecule has 1 aliphatic carbocycles. The summed E-state index contributed by atoms with van der Waals surface area (Å²) in [6, 6.07) is 8.34. The van der Waals surface area contributed by atoms with E-state index in [0.29, 0.717) is 12.0 Å². The number of hydrogen-bond acceptors (Lipinski definition) is 3. The highest BCUT2D eigenvalue weighted by atomic mass is 16.5. The fourth-order valence-electron chi connectivity index (χ4n) is 2.27. The number of carboxylic acids is 1. The molecule has 2 rings (SSSR count). The number of benzene rings is 1. The largest absolute Gasteiger partial charge is 0.496 e. The van der Waals surface area contributed by atoms with Gasteiger partial charge in [-0.25, -0.2) is 0 Å². The van der Waals surface area contributed by atoms with Gasteiger partial charge < -0.3 is 15.2 Å². The van der Waals surface area contributed by atoms with E-state index in [4.69, 9.17) is 9.84 Å². The number of rotatable bonds is 5. The van der Waals surface area contributed by atoms with Crippen molar-refractivity contribution in [2.75, 3.05) is 13.7 Å². The van der Waals surface area contributed by atoms with Gasteiger partial charge in [0.05, 0.1) is 13.7 Å². The fraction of sp³-hybridized carbons (Fsp3) is 0.462. The molecule has 2 N–H and O–H groups in total. The summed E-state index contributed by atoms with van der Waals surface area (Å²) in [4.78, 5) is 10.4. The molecule has 0 spiro atoms. The number of carbonyl (C=O) groups is 1. The maximum Gasteiger partial charge on any atom is 0.317 e. The molecule has 0 unspecified atom stereocenters. The third-order valence-electron chi connectivity index (χ3n) is 3.26. The number of aliphatic carboxylic acids is 1. The van der Waals surface area contributed by atoms with E-state index in [1.54, 1.807) is 7.11 Å². The number of nitrogens with one attached hydrogen (secondary N) is 1. The lowest BCUT2D eigenvalue weighted by atomic mass is 9.75. The van der Waals surface area contributed by atoms with Gasteiger partial charge in [0, 0.05) is 6.04 Å². The molecule has 1 aliphatic rings. The van der Waals surface area contributed by atoms with Gasteiger partial charge in [0.1, 0.15) is 5.75 Å². The van der Waals surface area contributed by atoms with Crippen LogP contribution in [0.25, 0.3) is 0 Å². The second-order valence-electron chi connectivity index (χ2n) is 4.38. The van der Waals surface area contributed by atoms with E-state index in [-0.39, 0.29) is 6.54 Å². The Kier molecular flexibility index (Phi) is 3.64. The predicted molar refractivity (Wildman–Crippen MR) is 64.4 cm³/mol. The summed E-state index contributed by atoms with van der Waals surface area (Å²) < 4.78 is 5.32. The maximum atomic E-state index is 10.4. The molecule has 1 aromatic carbocycles. The van der Waals surface area contributed by atoms with E-state index in [2.05, 4.69) is 11.4 Å². The zero-order valence-electron chi connectivity index (χ0n) is 9.85. The van der Waals surface area contributed by atoms with Crippen LogP contribution in [0, 0.1) is 0 Å². The van der Waals surface area contributed by atoms with Crippen molar-refractivity contribution in [2.45, 2.75) is 24.8 Å². The van der Waals surface area contributed by atoms with Crippen molar-refractivity contribution in [1.29, 1.82) is 0 Å². The van der Waals surface area contributed by atoms with E-state index >= 15 is 0 Å². The molecule has 0 aromatic heterocycles. The zero-order chi connectivity index (χ0) is 12.3. The van der Waals surface area contributed by atoms with Crippen LogP contribution >= 0.6 is 0 Å². The minimum absolute atomic E-state index is 0.0450. The number of ether oxygens (including phenoxy) is 1. The van der Waals surface area contributed by atoms with E-state index < -0.39 is 5.97 Å². The molecule has 0 amide bonds. The lowest BCUT2D eigenvalue weighted by Crippen LogP contribution is -2.42. The van der Waals surface area contributed by atoms with Gasteiger partial charge in [0.25, 0.3) is 0 Å². The Balaban J connectivity index is 1.88. The number of carboxylic acid groups (broad SMARTS) is 1. The van der Waals surface area contributed by atoms with E-state index in [1.807, 2.05) is 18.2 Å². The van der Waals surface area contributed by atoms with Crippen LogP contribution in [-0.4, -0.2) is 30.8 Å². The molecule has 1 fully saturated rings. The number of para-hydroxylation sites is 1. The van der Waals surface area contributed by atoms with Crippen molar-refractivity contribution < 1.29 is 14.6 Å². The topological polar surface area (TPSA) is 58.6 Å². The monoisotopic (exact) mass is 235 g/mol. The predicted octanol–water partition coefficient (Wildman–Crippen LogP) is 1.62. The van der Waals surface area contributed by atoms with Gasteiger partial charge in [-0.3, -0.25) is 4.79 Å². The Morgan fingerprint density at radius 1 is 1.47 bits per heavy atom. The smallest absolute Gasteiger partial charge is 0.317 e. The van der Waals surface area contributed by atoms with Crippen molar-refractivity contribution in [1.82, 2.24) is 5.32 Å². The molecule has 17 heavy (non-hydrogen) atoms. The molecule has 0 atom stereocenters. The highest BCUT2D eigenvalue weighted by Crippen LogP contribution is 2.40. The third kappa shape index (κ3) is 2.77. The Morgan fingerprint density at radius 3 is 2.82 bits per heavy atom. The van der Waals surface area contributed by atoms with Gasteiger partial charge >= 0.3 is 5.97 Å². The number of hydrogen-bond donors (Lipinski definition) is 2. The quantitative estimate of drug-likeness (QED) is 0.814. The van der Waals surface area contributed by atoms with Crippen LogP contribution in [-0.2, 0) is 4.79 Å². The average Bonchev–Trinajstić information content (AvgIpc) is 2.27. The fourth-order valence-corrected chi connectivity index (χ4v) is 2.27. The summed E-state index contributed by atoms with van der Waals surface area (Å²) >= 11 is 0. The molecule has 1 saturated carbocycles. The first-order valence-corrected chi connectivity index (χ1v) is 5.78. The Bertz CT molecular complexity index is 399. The van der Waals surface area contributed by atoms with E-state index in [0.717, 1.165) is 18.6 Å². The van der Waals surface area contributed by atoms with Crippen LogP contribution in [0.4, 0.5) is 0 Å². The van der Waals surface area contributed by atoms with Crippen LogP contribution < -0.4 is 10.1 Å². The molecule has 0 bridgehead atoms. The first-order valence-electron chi connectivity index (χ1n) is 5.78. The van der Waals surface area contributed by atoms with Crippen molar-refractivity contribution in [3.63, 3.8) is 0 Å². The normalized spacial score (nSPS) is 22.9. The van der Waals surface area contributed by atoms with Crippen molar-refractivity contribution >= 4 is 5.97 Å². The van der Waals surface area contributed by atoms with Crippen molar-refractivity contribution in [3.8, 4) is 5.75 Å². The van der Waals surface area contributed by atoms with Gasteiger partial charge in [-0.15, -0.1) is 0 Å². The molecule has 0 heterocycles. The van der Waals surface area contributed by atoms with Crippen LogP contribution in [0.2, 0.25) is 0 Å². The second kappa shape index (κ2) is 5.19. The van der Waals surface area contributed by atoms with Crippen LogP contribution in [0.1, 0.15) is 24.3 Å². The molecule has 4 heteroatoms. The molecule has 0 saturated heterocycles. The van der Waals surface area contributed by atoms with Crippen LogP contribution in [0.5, 0.6) is 5.75 Å². The van der Waals surface area contributed by atoms with Crippen LogP contribution in [0.15, 0.2) is 24.3 Å². The van der Waals surface area contributed by atoms with Gasteiger partial charge in [0.15, 0.2) is 0 Å². The lowest BCUT2D eigenvalue weighted by Gasteiger charge is -2.36. The van der Waals surface area contributed by atoms with Crippen molar-refractivity contribution in [2.24, 2.45) is 0 Å². The standard InChI is InChI=1S/C13H17NO3/c1-17-12-5-3-2-4-11(12)9-6-10(7-9)14-8-13(15)16/h2-5,9-10,14H,6-8H2,1H3,(H,15,16). The first kappa shape index (κ1) is 11.9. The first-order chi connectivity index (χ1) is 8.20. The maximum absolute atomic E-state index is 10.4. The highest BCUT2D eigenvalue weighted by Gasteiger charge is 2.31. The Labute approximate surface area is 101 Å². The summed E-state index contributed by atoms with van der Waals surface area (Å²) in [7, 11) is 1.68. The van der Waals surface area contributed by atoms with Gasteiger partial charge in [0.2, 0.25) is 0 Å². The van der Waals surface area contributed by atoms with Gasteiger partial charge in [-0.1, -0.05) is 18.2 Å². The summed E-state index contributed by atoms with van der Waals surface area (Å²) in [5, 5.41) is 11.6. The third-order valence-corrected chi connectivity index (χ3v) is 3.26. The minimum atomic E-state index is -0.800. The minimum Gasteiger partial charge on any atom is -0.496 e. The summed E-state index contributed by atoms with van der Waals surface area (Å²) in [5.41, 5.74) is 1.23. The number of methoxy groups -OCH3 is 1. The highest BCUT2D eigenvalue weighted by molar-refractivity contribution is 5.69. The summed E-state index contributed by atoms with van der Waals surface area (Å²) in [6.45, 7) is 0.0450. The molecular formula is C13H17NO3. The lowest BCUT2D eigenvalue weighted by molar-refractivity contribution is -0.136. The molecule has 1 aromatic rings. The van der Waals surface area contributed by atoms with Gasteiger partial charge in [-0.05, 0) is 30.4 Å². The second-order valence-corrected chi connectivity index (χ2v) is 4.38. The van der Waals surface area contributed by atoms with E-state index in [1.165, 1.54) is 5.56 Å². The molecule has 4 nitrogen and oxygen atoms in total. The van der Waals surface area contributed by atoms with Gasteiger partial charge in [-0.2, -0.15) is 0 Å².